The third-order valence-electron chi connectivity index (χ3n) is 5.50. The Kier molecular flexibility index (Phi) is 7.83. The number of amides is 2. The predicted molar refractivity (Wildman–Crippen MR) is 125 cm³/mol. The summed E-state index contributed by atoms with van der Waals surface area (Å²) in [7, 11) is 0. The van der Waals surface area contributed by atoms with Gasteiger partial charge in [-0.2, -0.15) is 5.10 Å². The van der Waals surface area contributed by atoms with Crippen molar-refractivity contribution in [2.75, 3.05) is 0 Å². The van der Waals surface area contributed by atoms with E-state index in [-0.39, 0.29) is 29.5 Å². The summed E-state index contributed by atoms with van der Waals surface area (Å²) in [6, 6.07) is 7.89. The zero-order valence-electron chi connectivity index (χ0n) is 19.6. The molecule has 180 valence electrons. The standard InChI is InChI=1S/C24H29N5O5/c1-5-16(6-2)26-21(30)18-11-17(28-29-18)14-8-7-9-15(10-14)23-25-12-19(34-23)22(31)27-20(13(3)4)24(32)33/h7-13,16,20H,5-6H2,1-4H3,(H,26,30)(H,27,31)(H,28,29)(H,32,33)/t20-/m1/s1. The number of rotatable bonds is 10. The van der Waals surface area contributed by atoms with Crippen LogP contribution in [0, 0.1) is 5.92 Å². The third kappa shape index (κ3) is 5.69. The lowest BCUT2D eigenvalue weighted by atomic mass is 10.0. The Bertz CT molecular complexity index is 1160. The number of hydrogen-bond donors (Lipinski definition) is 4. The molecule has 1 atom stereocenters. The van der Waals surface area contributed by atoms with E-state index in [4.69, 9.17) is 4.42 Å². The van der Waals surface area contributed by atoms with Crippen LogP contribution in [0.4, 0.5) is 0 Å². The normalized spacial score (nSPS) is 12.1. The number of carboxylic acids is 1. The number of nitrogens with one attached hydrogen (secondary N) is 3. The second-order valence-electron chi connectivity index (χ2n) is 8.30. The molecular formula is C24H29N5O5. The number of aromatic nitrogens is 3. The summed E-state index contributed by atoms with van der Waals surface area (Å²) in [5.41, 5.74) is 2.26. The first-order chi connectivity index (χ1) is 16.2. The van der Waals surface area contributed by atoms with Crippen molar-refractivity contribution in [2.45, 2.75) is 52.6 Å². The quantitative estimate of drug-likeness (QED) is 0.356. The molecule has 3 rings (SSSR count). The first-order valence-corrected chi connectivity index (χ1v) is 11.2. The van der Waals surface area contributed by atoms with Crippen molar-refractivity contribution in [2.24, 2.45) is 5.92 Å². The molecule has 0 saturated heterocycles. The van der Waals surface area contributed by atoms with Gasteiger partial charge in [0, 0.05) is 17.2 Å². The fraction of sp³-hybridized carbons (Fsp3) is 0.375. The smallest absolute Gasteiger partial charge is 0.326 e. The molecule has 0 aliphatic carbocycles. The van der Waals surface area contributed by atoms with Crippen LogP contribution in [0.5, 0.6) is 0 Å². The molecule has 2 heterocycles. The van der Waals surface area contributed by atoms with Gasteiger partial charge in [-0.1, -0.05) is 39.8 Å². The fourth-order valence-electron chi connectivity index (χ4n) is 3.39. The molecular weight excluding hydrogens is 438 g/mol. The van der Waals surface area contributed by atoms with Crippen LogP contribution in [0.25, 0.3) is 22.7 Å². The molecule has 3 aromatic rings. The number of benzene rings is 1. The number of aliphatic carboxylic acids is 1. The van der Waals surface area contributed by atoms with E-state index >= 15 is 0 Å². The van der Waals surface area contributed by atoms with Crippen molar-refractivity contribution in [3.05, 3.63) is 48.0 Å². The van der Waals surface area contributed by atoms with Gasteiger partial charge < -0.3 is 20.2 Å². The number of carbonyl (C=O) groups is 3. The van der Waals surface area contributed by atoms with Crippen LogP contribution >= 0.6 is 0 Å². The maximum absolute atomic E-state index is 12.5. The summed E-state index contributed by atoms with van der Waals surface area (Å²) < 4.78 is 5.59. The van der Waals surface area contributed by atoms with E-state index < -0.39 is 17.9 Å². The minimum atomic E-state index is -1.12. The average Bonchev–Trinajstić information content (AvgIpc) is 3.51. The number of oxazole rings is 1. The topological polar surface area (TPSA) is 150 Å². The van der Waals surface area contributed by atoms with Crippen LogP contribution in [-0.2, 0) is 4.79 Å². The Morgan fingerprint density at radius 3 is 2.41 bits per heavy atom. The summed E-state index contributed by atoms with van der Waals surface area (Å²) in [4.78, 5) is 40.4. The summed E-state index contributed by atoms with van der Waals surface area (Å²) in [5.74, 6) is -2.18. The lowest BCUT2D eigenvalue weighted by Gasteiger charge is -2.16. The highest BCUT2D eigenvalue weighted by atomic mass is 16.4. The van der Waals surface area contributed by atoms with Gasteiger partial charge in [-0.05, 0) is 37.0 Å². The van der Waals surface area contributed by atoms with E-state index in [0.717, 1.165) is 18.4 Å². The highest BCUT2D eigenvalue weighted by molar-refractivity contribution is 5.95. The number of carboxylic acid groups (broad SMARTS) is 1. The van der Waals surface area contributed by atoms with Crippen molar-refractivity contribution in [3.63, 3.8) is 0 Å². The molecule has 0 saturated carbocycles. The van der Waals surface area contributed by atoms with Gasteiger partial charge in [0.05, 0.1) is 11.9 Å². The summed E-state index contributed by atoms with van der Waals surface area (Å²) in [6.45, 7) is 7.44. The van der Waals surface area contributed by atoms with Gasteiger partial charge in [-0.25, -0.2) is 9.78 Å². The van der Waals surface area contributed by atoms with Gasteiger partial charge in [0.2, 0.25) is 11.7 Å². The highest BCUT2D eigenvalue weighted by Crippen LogP contribution is 2.26. The molecule has 0 bridgehead atoms. The van der Waals surface area contributed by atoms with Crippen LogP contribution in [-0.4, -0.2) is 50.2 Å². The van der Waals surface area contributed by atoms with Gasteiger partial charge in [0.15, 0.2) is 0 Å². The Morgan fingerprint density at radius 1 is 1.06 bits per heavy atom. The van der Waals surface area contributed by atoms with Gasteiger partial charge in [-0.15, -0.1) is 0 Å². The fourth-order valence-corrected chi connectivity index (χ4v) is 3.39. The van der Waals surface area contributed by atoms with E-state index in [1.54, 1.807) is 38.1 Å². The van der Waals surface area contributed by atoms with E-state index in [1.807, 2.05) is 19.9 Å². The van der Waals surface area contributed by atoms with Crippen LogP contribution in [0.2, 0.25) is 0 Å². The van der Waals surface area contributed by atoms with Crippen molar-refractivity contribution >= 4 is 17.8 Å². The molecule has 0 spiro atoms. The largest absolute Gasteiger partial charge is 0.480 e. The van der Waals surface area contributed by atoms with Crippen molar-refractivity contribution in [1.29, 1.82) is 0 Å². The number of hydrogen-bond acceptors (Lipinski definition) is 6. The maximum atomic E-state index is 12.5. The Hall–Kier alpha value is -3.95. The van der Waals surface area contributed by atoms with Crippen molar-refractivity contribution in [3.8, 4) is 22.7 Å². The lowest BCUT2D eigenvalue weighted by molar-refractivity contribution is -0.140. The summed E-state index contributed by atoms with van der Waals surface area (Å²) in [6.07, 6.45) is 2.94. The van der Waals surface area contributed by atoms with Crippen molar-refractivity contribution in [1.82, 2.24) is 25.8 Å². The van der Waals surface area contributed by atoms with E-state index in [9.17, 15) is 19.5 Å². The monoisotopic (exact) mass is 467 g/mol. The first kappa shape index (κ1) is 24.7. The number of aromatic amines is 1. The van der Waals surface area contributed by atoms with E-state index in [1.165, 1.54) is 6.20 Å². The zero-order valence-corrected chi connectivity index (χ0v) is 19.6. The van der Waals surface area contributed by atoms with Crippen LogP contribution in [0.3, 0.4) is 0 Å². The molecule has 10 heteroatoms. The molecule has 0 fully saturated rings. The molecule has 0 unspecified atom stereocenters. The van der Waals surface area contributed by atoms with Gasteiger partial charge >= 0.3 is 5.97 Å². The molecule has 2 aromatic heterocycles. The van der Waals surface area contributed by atoms with Crippen LogP contribution in [0.15, 0.2) is 40.9 Å². The molecule has 0 aliphatic rings. The van der Waals surface area contributed by atoms with Gasteiger partial charge in [0.25, 0.3) is 11.8 Å². The molecule has 34 heavy (non-hydrogen) atoms. The number of H-pyrrole nitrogens is 1. The zero-order chi connectivity index (χ0) is 24.8. The maximum Gasteiger partial charge on any atom is 0.326 e. The van der Waals surface area contributed by atoms with Crippen molar-refractivity contribution < 1.29 is 23.9 Å². The van der Waals surface area contributed by atoms with Gasteiger partial charge in [0.1, 0.15) is 11.7 Å². The SMILES string of the molecule is CCC(CC)NC(=O)c1cc(-c2cccc(-c3ncc(C(=O)N[C@@H](C(=O)O)C(C)C)o3)c2)n[nH]1. The first-order valence-electron chi connectivity index (χ1n) is 11.2. The molecule has 1 aromatic carbocycles. The molecule has 10 nitrogen and oxygen atoms in total. The number of carbonyl (C=O) groups excluding carboxylic acids is 2. The Morgan fingerprint density at radius 2 is 1.76 bits per heavy atom. The molecule has 4 N–H and O–H groups in total. The van der Waals surface area contributed by atoms with Crippen LogP contribution < -0.4 is 10.6 Å². The number of nitrogens with zero attached hydrogens (tertiary/aromatic N) is 2. The second kappa shape index (κ2) is 10.8. The lowest BCUT2D eigenvalue weighted by Crippen LogP contribution is -2.44. The Balaban J connectivity index is 1.76. The minimum Gasteiger partial charge on any atom is -0.480 e. The predicted octanol–water partition coefficient (Wildman–Crippen LogP) is 3.49. The second-order valence-corrected chi connectivity index (χ2v) is 8.30. The van der Waals surface area contributed by atoms with E-state index in [2.05, 4.69) is 25.8 Å². The minimum absolute atomic E-state index is 0.0903. The Labute approximate surface area is 197 Å². The molecule has 0 aliphatic heterocycles. The summed E-state index contributed by atoms with van der Waals surface area (Å²) >= 11 is 0. The molecule has 2 amide bonds. The van der Waals surface area contributed by atoms with Crippen LogP contribution in [0.1, 0.15) is 61.6 Å². The third-order valence-corrected chi connectivity index (χ3v) is 5.50. The average molecular weight is 468 g/mol. The summed E-state index contributed by atoms with van der Waals surface area (Å²) in [5, 5.41) is 21.7. The van der Waals surface area contributed by atoms with Gasteiger partial charge in [-0.3, -0.25) is 14.7 Å². The highest BCUT2D eigenvalue weighted by Gasteiger charge is 2.26. The molecule has 0 radical (unpaired) electrons. The van der Waals surface area contributed by atoms with E-state index in [0.29, 0.717) is 17.0 Å².